The highest BCUT2D eigenvalue weighted by Crippen LogP contribution is 2.47. The number of phenols is 1. The smallest absolute Gasteiger partial charge is 0.254 e. The van der Waals surface area contributed by atoms with E-state index in [1.807, 2.05) is 12.1 Å². The lowest BCUT2D eigenvalue weighted by Crippen LogP contribution is -2.55. The third-order valence-corrected chi connectivity index (χ3v) is 12.5. The number of nitrogens with one attached hydrogen (secondary N) is 1. The van der Waals surface area contributed by atoms with Gasteiger partial charge >= 0.3 is 0 Å². The van der Waals surface area contributed by atoms with Crippen LogP contribution in [-0.2, 0) is 11.3 Å². The second kappa shape index (κ2) is 14.6. The summed E-state index contributed by atoms with van der Waals surface area (Å²) in [5, 5.41) is 23.2. The molecule has 0 aliphatic carbocycles. The van der Waals surface area contributed by atoms with Gasteiger partial charge in [0.2, 0.25) is 5.91 Å². The summed E-state index contributed by atoms with van der Waals surface area (Å²) in [7, 11) is 0. The van der Waals surface area contributed by atoms with Crippen molar-refractivity contribution in [1.82, 2.24) is 15.1 Å². The van der Waals surface area contributed by atoms with Gasteiger partial charge in [0, 0.05) is 99.2 Å². The molecule has 3 saturated heterocycles. The monoisotopic (exact) mass is 727 g/mol. The first-order valence-electron chi connectivity index (χ1n) is 19.6. The Balaban J connectivity index is 0.779. The SMILES string of the molecule is O=C1CC[C@H](N2Cc3cc(N4CCN(CC5CCN(c6ccc([C@@H]7c8ccc(O)cc8OC[C@@H]7c7ccccc7)cc6)CC5)CC4)ccc3C2=O)C(O)N1. The number of carbonyl (C=O) groups is 2. The first-order valence-corrected chi connectivity index (χ1v) is 19.6. The molecular formula is C44H49N5O5. The van der Waals surface area contributed by atoms with Gasteiger partial charge < -0.3 is 35.0 Å². The standard InChI is InChI=1S/C44H49N5O5/c50-35-11-13-37-40(25-35)54-28-38(30-4-2-1-3-5-30)42(37)31-6-8-33(9-7-31)47-18-16-29(17-19-47)26-46-20-22-48(23-21-46)34-10-12-36-32(24-34)27-49(44(36)53)39-14-15-41(51)45-43(39)52/h1-13,24-25,29,38-39,42-43,50,52H,14-23,26-28H2,(H,45,51)/t38-,39+,42-,43?/m1/s1. The van der Waals surface area contributed by atoms with Crippen molar-refractivity contribution >= 4 is 23.2 Å². The molecule has 4 atom stereocenters. The van der Waals surface area contributed by atoms with Gasteiger partial charge in [-0.25, -0.2) is 0 Å². The largest absolute Gasteiger partial charge is 0.508 e. The Kier molecular flexibility index (Phi) is 9.41. The van der Waals surface area contributed by atoms with Crippen molar-refractivity contribution in [2.75, 3.05) is 62.2 Å². The van der Waals surface area contributed by atoms with Gasteiger partial charge in [-0.2, -0.15) is 0 Å². The van der Waals surface area contributed by atoms with Crippen LogP contribution in [-0.4, -0.2) is 96.5 Å². The molecule has 5 aliphatic rings. The average molecular weight is 728 g/mol. The highest BCUT2D eigenvalue weighted by molar-refractivity contribution is 5.99. The molecule has 0 aromatic heterocycles. The molecule has 10 heteroatoms. The lowest BCUT2D eigenvalue weighted by molar-refractivity contribution is -0.129. The van der Waals surface area contributed by atoms with Crippen LogP contribution in [0.1, 0.15) is 70.1 Å². The number of hydrogen-bond acceptors (Lipinski definition) is 8. The van der Waals surface area contributed by atoms with E-state index in [4.69, 9.17) is 4.74 Å². The fourth-order valence-electron chi connectivity index (χ4n) is 9.51. The number of piperazine rings is 1. The minimum absolute atomic E-state index is 0.0645. The Morgan fingerprint density at radius 2 is 1.50 bits per heavy atom. The summed E-state index contributed by atoms with van der Waals surface area (Å²) in [6, 6.07) is 31.1. The van der Waals surface area contributed by atoms with Crippen LogP contribution >= 0.6 is 0 Å². The molecule has 2 amide bonds. The van der Waals surface area contributed by atoms with E-state index >= 15 is 0 Å². The molecule has 9 rings (SSSR count). The van der Waals surface area contributed by atoms with Gasteiger partial charge in [0.15, 0.2) is 0 Å². The Labute approximate surface area is 316 Å². The maximum atomic E-state index is 13.2. The minimum Gasteiger partial charge on any atom is -0.508 e. The van der Waals surface area contributed by atoms with Crippen molar-refractivity contribution in [2.45, 2.75) is 56.3 Å². The van der Waals surface area contributed by atoms with E-state index in [9.17, 15) is 19.8 Å². The van der Waals surface area contributed by atoms with Crippen LogP contribution in [0, 0.1) is 5.92 Å². The lowest BCUT2D eigenvalue weighted by Gasteiger charge is -2.40. The zero-order valence-corrected chi connectivity index (χ0v) is 30.6. The van der Waals surface area contributed by atoms with Crippen molar-refractivity contribution in [1.29, 1.82) is 0 Å². The number of piperidine rings is 2. The molecule has 0 spiro atoms. The predicted molar refractivity (Wildman–Crippen MR) is 208 cm³/mol. The number of aliphatic hydroxyl groups excluding tert-OH is 1. The number of carbonyl (C=O) groups excluding carboxylic acids is 2. The van der Waals surface area contributed by atoms with Gasteiger partial charge in [0.05, 0.1) is 12.6 Å². The number of amides is 2. The maximum Gasteiger partial charge on any atom is 0.254 e. The van der Waals surface area contributed by atoms with Crippen molar-refractivity contribution in [3.8, 4) is 11.5 Å². The zero-order chi connectivity index (χ0) is 36.8. The number of aromatic hydroxyl groups is 1. The van der Waals surface area contributed by atoms with Crippen molar-refractivity contribution in [3.63, 3.8) is 0 Å². The highest BCUT2D eigenvalue weighted by Gasteiger charge is 2.39. The van der Waals surface area contributed by atoms with Crippen molar-refractivity contribution < 1.29 is 24.5 Å². The second-order valence-electron chi connectivity index (χ2n) is 15.7. The van der Waals surface area contributed by atoms with E-state index < -0.39 is 12.3 Å². The topological polar surface area (TPSA) is 109 Å². The summed E-state index contributed by atoms with van der Waals surface area (Å²) < 4.78 is 6.17. The molecule has 5 heterocycles. The summed E-state index contributed by atoms with van der Waals surface area (Å²) >= 11 is 0. The molecule has 0 saturated carbocycles. The molecule has 3 N–H and O–H groups in total. The summed E-state index contributed by atoms with van der Waals surface area (Å²) in [5.74, 6) is 1.77. The Bertz CT molecular complexity index is 1990. The number of rotatable bonds is 7. The molecule has 1 unspecified atom stereocenters. The third-order valence-electron chi connectivity index (χ3n) is 12.5. The molecule has 5 aliphatic heterocycles. The number of benzene rings is 4. The fraction of sp³-hybridized carbons (Fsp3) is 0.409. The van der Waals surface area contributed by atoms with Crippen LogP contribution in [0.15, 0.2) is 91.0 Å². The normalized spacial score (nSPS) is 24.9. The average Bonchev–Trinajstić information content (AvgIpc) is 3.53. The molecule has 10 nitrogen and oxygen atoms in total. The Morgan fingerprint density at radius 3 is 2.26 bits per heavy atom. The molecule has 0 radical (unpaired) electrons. The van der Waals surface area contributed by atoms with Crippen molar-refractivity contribution in [3.05, 3.63) is 119 Å². The molecule has 3 fully saturated rings. The van der Waals surface area contributed by atoms with E-state index in [0.29, 0.717) is 37.5 Å². The third kappa shape index (κ3) is 6.77. The van der Waals surface area contributed by atoms with E-state index in [1.165, 1.54) is 29.7 Å². The second-order valence-corrected chi connectivity index (χ2v) is 15.7. The van der Waals surface area contributed by atoms with Crippen LogP contribution < -0.4 is 19.9 Å². The fourth-order valence-corrected chi connectivity index (χ4v) is 9.51. The molecule has 54 heavy (non-hydrogen) atoms. The molecular weight excluding hydrogens is 679 g/mol. The van der Waals surface area contributed by atoms with Crippen LogP contribution in [0.25, 0.3) is 0 Å². The van der Waals surface area contributed by atoms with Crippen LogP contribution in [0.4, 0.5) is 11.4 Å². The summed E-state index contributed by atoms with van der Waals surface area (Å²) in [4.78, 5) is 34.2. The van der Waals surface area contributed by atoms with Gasteiger partial charge in [0.1, 0.15) is 17.7 Å². The van der Waals surface area contributed by atoms with Crippen LogP contribution in [0.3, 0.4) is 0 Å². The maximum absolute atomic E-state index is 13.2. The van der Waals surface area contributed by atoms with Gasteiger partial charge in [0.25, 0.3) is 5.91 Å². The van der Waals surface area contributed by atoms with Gasteiger partial charge in [-0.15, -0.1) is 0 Å². The van der Waals surface area contributed by atoms with E-state index in [0.717, 1.165) is 68.4 Å². The number of hydrogen-bond donors (Lipinski definition) is 3. The molecule has 0 bridgehead atoms. The number of ether oxygens (including phenoxy) is 1. The predicted octanol–water partition coefficient (Wildman–Crippen LogP) is 5.29. The Hall–Kier alpha value is -5.06. The van der Waals surface area contributed by atoms with Gasteiger partial charge in [-0.3, -0.25) is 14.5 Å². The zero-order valence-electron chi connectivity index (χ0n) is 30.6. The molecule has 4 aromatic rings. The van der Waals surface area contributed by atoms with E-state index in [1.54, 1.807) is 17.0 Å². The first-order chi connectivity index (χ1) is 26.4. The summed E-state index contributed by atoms with van der Waals surface area (Å²) in [6.07, 6.45) is 2.14. The number of phenolic OH excluding ortho intramolecular Hbond substituents is 1. The van der Waals surface area contributed by atoms with Crippen LogP contribution in [0.5, 0.6) is 11.5 Å². The number of fused-ring (bicyclic) bond motifs is 2. The van der Waals surface area contributed by atoms with Crippen molar-refractivity contribution in [2.24, 2.45) is 5.92 Å². The molecule has 4 aromatic carbocycles. The minimum atomic E-state index is -1.02. The first kappa shape index (κ1) is 34.7. The number of anilines is 2. The summed E-state index contributed by atoms with van der Waals surface area (Å²) in [5.41, 5.74) is 7.77. The van der Waals surface area contributed by atoms with Gasteiger partial charge in [-0.1, -0.05) is 48.5 Å². The van der Waals surface area contributed by atoms with E-state index in [-0.39, 0.29) is 29.4 Å². The van der Waals surface area contributed by atoms with Gasteiger partial charge in [-0.05, 0) is 78.3 Å². The number of aliphatic hydroxyl groups is 1. The number of nitrogens with zero attached hydrogens (tertiary/aromatic N) is 4. The van der Waals surface area contributed by atoms with E-state index in [2.05, 4.69) is 86.7 Å². The quantitative estimate of drug-likeness (QED) is 0.236. The summed E-state index contributed by atoms with van der Waals surface area (Å²) in [6.45, 7) is 8.25. The Morgan fingerprint density at radius 1 is 0.759 bits per heavy atom. The molecule has 280 valence electrons. The highest BCUT2D eigenvalue weighted by atomic mass is 16.5. The van der Waals surface area contributed by atoms with Crippen LogP contribution in [0.2, 0.25) is 0 Å². The lowest BCUT2D eigenvalue weighted by atomic mass is 9.76.